The lowest BCUT2D eigenvalue weighted by atomic mass is 10.1. The zero-order chi connectivity index (χ0) is 16.0. The van der Waals surface area contributed by atoms with Crippen molar-refractivity contribution < 1.29 is 9.47 Å². The zero-order valence-electron chi connectivity index (χ0n) is 14.4. The van der Waals surface area contributed by atoms with E-state index in [0.29, 0.717) is 13.2 Å². The topological polar surface area (TPSA) is 54.9 Å². The maximum atomic E-state index is 5.42. The number of benzene rings is 1. The summed E-state index contributed by atoms with van der Waals surface area (Å²) in [5, 5.41) is 6.63. The Morgan fingerprint density at radius 3 is 2.43 bits per heavy atom. The van der Waals surface area contributed by atoms with Crippen LogP contribution in [0.15, 0.2) is 29.3 Å². The predicted octanol–water partition coefficient (Wildman–Crippen LogP) is 2.72. The van der Waals surface area contributed by atoms with Gasteiger partial charge in [0.1, 0.15) is 0 Å². The molecule has 0 bridgehead atoms. The van der Waals surface area contributed by atoms with Gasteiger partial charge in [-0.2, -0.15) is 0 Å². The average Bonchev–Trinajstić information content (AvgIpc) is 2.54. The highest BCUT2D eigenvalue weighted by atomic mass is 127. The van der Waals surface area contributed by atoms with Gasteiger partial charge in [0, 0.05) is 33.9 Å². The van der Waals surface area contributed by atoms with Crippen molar-refractivity contribution in [2.75, 3.05) is 40.5 Å². The molecule has 23 heavy (non-hydrogen) atoms. The molecule has 0 amide bonds. The van der Waals surface area contributed by atoms with Crippen LogP contribution in [0.25, 0.3) is 0 Å². The monoisotopic (exact) mass is 435 g/mol. The fourth-order valence-corrected chi connectivity index (χ4v) is 1.89. The van der Waals surface area contributed by atoms with Gasteiger partial charge < -0.3 is 20.1 Å². The lowest BCUT2D eigenvalue weighted by Crippen LogP contribution is -2.37. The maximum Gasteiger partial charge on any atom is 0.191 e. The molecule has 0 saturated carbocycles. The minimum atomic E-state index is 0. The summed E-state index contributed by atoms with van der Waals surface area (Å²) in [4.78, 5) is 4.23. The lowest BCUT2D eigenvalue weighted by molar-refractivity contribution is 0.0689. The summed E-state index contributed by atoms with van der Waals surface area (Å²) in [6, 6.07) is 8.51. The van der Waals surface area contributed by atoms with Crippen molar-refractivity contribution in [2.24, 2.45) is 4.99 Å². The smallest absolute Gasteiger partial charge is 0.191 e. The molecule has 0 saturated heterocycles. The molecule has 0 aliphatic rings. The van der Waals surface area contributed by atoms with Crippen LogP contribution in [0.2, 0.25) is 0 Å². The van der Waals surface area contributed by atoms with Gasteiger partial charge in [-0.3, -0.25) is 4.99 Å². The van der Waals surface area contributed by atoms with Gasteiger partial charge in [0.05, 0.1) is 13.2 Å². The molecule has 0 fully saturated rings. The number of nitrogens with zero attached hydrogens (tertiary/aromatic N) is 1. The molecule has 132 valence electrons. The molecule has 0 radical (unpaired) electrons. The number of methoxy groups -OCH3 is 1. The Morgan fingerprint density at radius 1 is 1.04 bits per heavy atom. The standard InChI is InChI=1S/C17H29N3O2.HI/c1-15-6-8-16(9-7-15)14-20-17(18-2)19-10-4-5-11-22-13-12-21-3;/h6-9H,4-5,10-14H2,1-3H3,(H2,18,19,20);1H. The van der Waals surface area contributed by atoms with Gasteiger partial charge in [-0.1, -0.05) is 29.8 Å². The first-order valence-corrected chi connectivity index (χ1v) is 7.83. The largest absolute Gasteiger partial charge is 0.382 e. The highest BCUT2D eigenvalue weighted by Crippen LogP contribution is 2.02. The minimum Gasteiger partial charge on any atom is -0.382 e. The van der Waals surface area contributed by atoms with E-state index in [1.54, 1.807) is 14.2 Å². The number of aliphatic imine (C=N–C) groups is 1. The van der Waals surface area contributed by atoms with Crippen LogP contribution in [0, 0.1) is 6.92 Å². The molecular formula is C17H30IN3O2. The fourth-order valence-electron chi connectivity index (χ4n) is 1.89. The molecule has 0 unspecified atom stereocenters. The van der Waals surface area contributed by atoms with E-state index in [1.807, 2.05) is 0 Å². The van der Waals surface area contributed by atoms with Crippen LogP contribution >= 0.6 is 24.0 Å². The van der Waals surface area contributed by atoms with E-state index >= 15 is 0 Å². The molecular weight excluding hydrogens is 405 g/mol. The quantitative estimate of drug-likeness (QED) is 0.257. The Labute approximate surface area is 157 Å². The second kappa shape index (κ2) is 14.7. The third-order valence-corrected chi connectivity index (χ3v) is 3.24. The third kappa shape index (κ3) is 11.3. The van der Waals surface area contributed by atoms with Crippen LogP contribution in [0.1, 0.15) is 24.0 Å². The molecule has 5 nitrogen and oxygen atoms in total. The van der Waals surface area contributed by atoms with Crippen molar-refractivity contribution in [1.29, 1.82) is 0 Å². The van der Waals surface area contributed by atoms with E-state index in [4.69, 9.17) is 9.47 Å². The van der Waals surface area contributed by atoms with Gasteiger partial charge in [0.25, 0.3) is 0 Å². The molecule has 1 aromatic rings. The second-order valence-corrected chi connectivity index (χ2v) is 5.15. The van der Waals surface area contributed by atoms with Gasteiger partial charge in [-0.05, 0) is 25.3 Å². The molecule has 1 aromatic carbocycles. The van der Waals surface area contributed by atoms with Crippen LogP contribution in [0.4, 0.5) is 0 Å². The summed E-state index contributed by atoms with van der Waals surface area (Å²) >= 11 is 0. The summed E-state index contributed by atoms with van der Waals surface area (Å²) < 4.78 is 10.3. The van der Waals surface area contributed by atoms with Crippen LogP contribution in [-0.2, 0) is 16.0 Å². The number of unbranched alkanes of at least 4 members (excludes halogenated alkanes) is 1. The Bertz CT molecular complexity index is 424. The first kappa shape index (κ1) is 22.1. The van der Waals surface area contributed by atoms with Crippen molar-refractivity contribution in [3.63, 3.8) is 0 Å². The molecule has 0 atom stereocenters. The number of hydrogen-bond donors (Lipinski definition) is 2. The van der Waals surface area contributed by atoms with Crippen LogP contribution in [0.3, 0.4) is 0 Å². The molecule has 0 spiro atoms. The summed E-state index contributed by atoms with van der Waals surface area (Å²) in [7, 11) is 3.47. The van der Waals surface area contributed by atoms with E-state index < -0.39 is 0 Å². The Morgan fingerprint density at radius 2 is 1.78 bits per heavy atom. The van der Waals surface area contributed by atoms with Gasteiger partial charge in [0.15, 0.2) is 5.96 Å². The van der Waals surface area contributed by atoms with Crippen molar-refractivity contribution in [3.8, 4) is 0 Å². The van der Waals surface area contributed by atoms with Crippen molar-refractivity contribution in [1.82, 2.24) is 10.6 Å². The van der Waals surface area contributed by atoms with Gasteiger partial charge in [-0.15, -0.1) is 24.0 Å². The fraction of sp³-hybridized carbons (Fsp3) is 0.588. The lowest BCUT2D eigenvalue weighted by Gasteiger charge is -2.12. The highest BCUT2D eigenvalue weighted by Gasteiger charge is 1.98. The van der Waals surface area contributed by atoms with Crippen molar-refractivity contribution in [3.05, 3.63) is 35.4 Å². The second-order valence-electron chi connectivity index (χ2n) is 5.15. The van der Waals surface area contributed by atoms with E-state index in [1.165, 1.54) is 11.1 Å². The minimum absolute atomic E-state index is 0. The maximum absolute atomic E-state index is 5.42. The number of rotatable bonds is 10. The molecule has 0 aromatic heterocycles. The summed E-state index contributed by atoms with van der Waals surface area (Å²) in [5.41, 5.74) is 2.53. The summed E-state index contributed by atoms with van der Waals surface area (Å²) in [6.45, 7) is 5.87. The first-order valence-electron chi connectivity index (χ1n) is 7.83. The van der Waals surface area contributed by atoms with Gasteiger partial charge in [-0.25, -0.2) is 0 Å². The Hall–Kier alpha value is -0.860. The van der Waals surface area contributed by atoms with E-state index in [9.17, 15) is 0 Å². The van der Waals surface area contributed by atoms with E-state index in [-0.39, 0.29) is 24.0 Å². The number of nitrogens with one attached hydrogen (secondary N) is 2. The van der Waals surface area contributed by atoms with Crippen LogP contribution in [0.5, 0.6) is 0 Å². The molecule has 0 heterocycles. The first-order chi connectivity index (χ1) is 10.8. The van der Waals surface area contributed by atoms with E-state index in [2.05, 4.69) is 46.8 Å². The summed E-state index contributed by atoms with van der Waals surface area (Å²) in [6.07, 6.45) is 2.09. The number of ether oxygens (including phenoxy) is 2. The van der Waals surface area contributed by atoms with Gasteiger partial charge >= 0.3 is 0 Å². The number of halogens is 1. The zero-order valence-corrected chi connectivity index (χ0v) is 16.8. The number of aryl methyl sites for hydroxylation is 1. The molecule has 6 heteroatoms. The molecule has 2 N–H and O–H groups in total. The molecule has 0 aliphatic heterocycles. The molecule has 0 aliphatic carbocycles. The Balaban J connectivity index is 0.00000484. The summed E-state index contributed by atoms with van der Waals surface area (Å²) in [5.74, 6) is 0.834. The normalized spacial score (nSPS) is 11.0. The van der Waals surface area contributed by atoms with Crippen LogP contribution in [-0.4, -0.2) is 46.5 Å². The van der Waals surface area contributed by atoms with Crippen molar-refractivity contribution in [2.45, 2.75) is 26.3 Å². The van der Waals surface area contributed by atoms with E-state index in [0.717, 1.165) is 38.5 Å². The van der Waals surface area contributed by atoms with Crippen molar-refractivity contribution >= 4 is 29.9 Å². The Kier molecular flexibility index (Phi) is 14.2. The van der Waals surface area contributed by atoms with Gasteiger partial charge in [0.2, 0.25) is 0 Å². The SMILES string of the molecule is CN=C(NCCCCOCCOC)NCc1ccc(C)cc1.I. The van der Waals surface area contributed by atoms with Crippen LogP contribution < -0.4 is 10.6 Å². The number of guanidine groups is 1. The number of hydrogen-bond acceptors (Lipinski definition) is 3. The average molecular weight is 435 g/mol. The molecule has 1 rings (SSSR count). The predicted molar refractivity (Wildman–Crippen MR) is 107 cm³/mol. The highest BCUT2D eigenvalue weighted by molar-refractivity contribution is 14.0. The third-order valence-electron chi connectivity index (χ3n) is 3.24.